The van der Waals surface area contributed by atoms with E-state index in [4.69, 9.17) is 11.6 Å². The van der Waals surface area contributed by atoms with Gasteiger partial charge in [0.15, 0.2) is 0 Å². The van der Waals surface area contributed by atoms with Crippen molar-refractivity contribution in [3.63, 3.8) is 0 Å². The minimum Gasteiger partial charge on any atom is -0.261 e. The minimum absolute atomic E-state index is 0.541. The first-order valence-corrected chi connectivity index (χ1v) is 6.69. The van der Waals surface area contributed by atoms with Gasteiger partial charge in [-0.3, -0.25) is 9.97 Å². The van der Waals surface area contributed by atoms with Gasteiger partial charge in [-0.1, -0.05) is 31.5 Å². The first kappa shape index (κ1) is 13.0. The molecule has 0 spiro atoms. The Morgan fingerprint density at radius 3 is 2.56 bits per heavy atom. The molecule has 0 bridgehead atoms. The van der Waals surface area contributed by atoms with Gasteiger partial charge in [0.25, 0.3) is 0 Å². The average Bonchev–Trinajstić information content (AvgIpc) is 2.42. The zero-order valence-corrected chi connectivity index (χ0v) is 11.5. The quantitative estimate of drug-likeness (QED) is 0.796. The zero-order chi connectivity index (χ0) is 13.0. The first-order chi connectivity index (χ1) is 8.76. The number of rotatable bonds is 4. The fourth-order valence-electron chi connectivity index (χ4n) is 2.27. The average molecular weight is 261 g/mol. The highest BCUT2D eigenvalue weighted by Crippen LogP contribution is 2.33. The highest BCUT2D eigenvalue weighted by atomic mass is 35.5. The van der Waals surface area contributed by atoms with E-state index in [2.05, 4.69) is 29.9 Å². The zero-order valence-electron chi connectivity index (χ0n) is 10.7. The summed E-state index contributed by atoms with van der Waals surface area (Å²) in [4.78, 5) is 8.52. The van der Waals surface area contributed by atoms with Crippen LogP contribution in [0.1, 0.15) is 38.2 Å². The Balaban J connectivity index is 2.54. The molecule has 0 atom stereocenters. The van der Waals surface area contributed by atoms with Crippen molar-refractivity contribution in [2.45, 2.75) is 32.6 Å². The van der Waals surface area contributed by atoms with Crippen molar-refractivity contribution < 1.29 is 0 Å². The van der Waals surface area contributed by atoms with E-state index in [1.165, 1.54) is 5.56 Å². The van der Waals surface area contributed by atoms with Crippen molar-refractivity contribution in [1.29, 1.82) is 0 Å². The lowest BCUT2D eigenvalue weighted by atomic mass is 9.89. The third kappa shape index (κ3) is 2.70. The molecule has 0 aliphatic heterocycles. The molecule has 3 heteroatoms. The van der Waals surface area contributed by atoms with Gasteiger partial charge in [0.2, 0.25) is 0 Å². The summed E-state index contributed by atoms with van der Waals surface area (Å²) in [6.45, 7) is 4.42. The molecule has 94 valence electrons. The van der Waals surface area contributed by atoms with Crippen LogP contribution in [0.5, 0.6) is 0 Å². The van der Waals surface area contributed by atoms with E-state index in [1.54, 1.807) is 18.6 Å². The van der Waals surface area contributed by atoms with Gasteiger partial charge in [-0.2, -0.15) is 0 Å². The third-order valence-corrected chi connectivity index (χ3v) is 3.51. The van der Waals surface area contributed by atoms with Gasteiger partial charge >= 0.3 is 0 Å². The maximum Gasteiger partial charge on any atom is 0.0888 e. The van der Waals surface area contributed by atoms with E-state index in [0.29, 0.717) is 5.92 Å². The van der Waals surface area contributed by atoms with Crippen molar-refractivity contribution in [3.8, 4) is 11.3 Å². The van der Waals surface area contributed by atoms with Gasteiger partial charge in [-0.15, -0.1) is 0 Å². The van der Waals surface area contributed by atoms with Crippen LogP contribution in [0.2, 0.25) is 5.02 Å². The molecule has 0 saturated heterocycles. The lowest BCUT2D eigenvalue weighted by Crippen LogP contribution is -1.99. The van der Waals surface area contributed by atoms with Crippen LogP contribution < -0.4 is 0 Å². The van der Waals surface area contributed by atoms with E-state index in [-0.39, 0.29) is 0 Å². The summed E-state index contributed by atoms with van der Waals surface area (Å²) in [7, 11) is 0. The second kappa shape index (κ2) is 5.96. The summed E-state index contributed by atoms with van der Waals surface area (Å²) in [5.41, 5.74) is 3.30. The highest BCUT2D eigenvalue weighted by molar-refractivity contribution is 6.30. The van der Waals surface area contributed by atoms with Crippen LogP contribution in [0.4, 0.5) is 0 Å². The van der Waals surface area contributed by atoms with Gasteiger partial charge in [0.1, 0.15) is 0 Å². The first-order valence-electron chi connectivity index (χ1n) is 6.32. The standard InChI is InChI=1S/C15H17ClN2/c1-3-11(4-2)13-6-5-12(16)9-14(13)15-10-17-7-8-18-15/h5-11H,3-4H2,1-2H3. The Morgan fingerprint density at radius 1 is 1.17 bits per heavy atom. The Hall–Kier alpha value is -1.41. The molecule has 0 amide bonds. The Kier molecular flexibility index (Phi) is 4.32. The van der Waals surface area contributed by atoms with Crippen LogP contribution in [-0.4, -0.2) is 9.97 Å². The Bertz CT molecular complexity index is 507. The molecule has 1 aromatic heterocycles. The number of benzene rings is 1. The molecule has 1 heterocycles. The topological polar surface area (TPSA) is 25.8 Å². The van der Waals surface area contributed by atoms with Gasteiger partial charge in [-0.05, 0) is 36.5 Å². The lowest BCUT2D eigenvalue weighted by Gasteiger charge is -2.17. The van der Waals surface area contributed by atoms with E-state index in [0.717, 1.165) is 29.1 Å². The predicted molar refractivity (Wildman–Crippen MR) is 75.8 cm³/mol. The number of hydrogen-bond donors (Lipinski definition) is 0. The largest absolute Gasteiger partial charge is 0.261 e. The molecular weight excluding hydrogens is 244 g/mol. The maximum absolute atomic E-state index is 6.11. The van der Waals surface area contributed by atoms with E-state index < -0.39 is 0 Å². The van der Waals surface area contributed by atoms with E-state index >= 15 is 0 Å². The second-order valence-electron chi connectivity index (χ2n) is 4.34. The minimum atomic E-state index is 0.541. The molecule has 18 heavy (non-hydrogen) atoms. The van der Waals surface area contributed by atoms with Crippen LogP contribution in [-0.2, 0) is 0 Å². The molecule has 0 fully saturated rings. The molecule has 2 aromatic rings. The SMILES string of the molecule is CCC(CC)c1ccc(Cl)cc1-c1cnccn1. The molecular formula is C15H17ClN2. The van der Waals surface area contributed by atoms with Gasteiger partial charge < -0.3 is 0 Å². The van der Waals surface area contributed by atoms with Crippen molar-refractivity contribution in [2.24, 2.45) is 0 Å². The van der Waals surface area contributed by atoms with Gasteiger partial charge in [0.05, 0.1) is 11.9 Å². The lowest BCUT2D eigenvalue weighted by molar-refractivity contribution is 0.643. The summed E-state index contributed by atoms with van der Waals surface area (Å²) < 4.78 is 0. The van der Waals surface area contributed by atoms with Crippen molar-refractivity contribution in [1.82, 2.24) is 9.97 Å². The summed E-state index contributed by atoms with van der Waals surface area (Å²) in [5, 5.41) is 0.741. The molecule has 0 unspecified atom stereocenters. The van der Waals surface area contributed by atoms with Gasteiger partial charge in [0, 0.05) is 23.0 Å². The monoisotopic (exact) mass is 260 g/mol. The fraction of sp³-hybridized carbons (Fsp3) is 0.333. The maximum atomic E-state index is 6.11. The molecule has 1 aromatic carbocycles. The number of halogens is 1. The fourth-order valence-corrected chi connectivity index (χ4v) is 2.45. The molecule has 0 aliphatic rings. The number of hydrogen-bond acceptors (Lipinski definition) is 2. The third-order valence-electron chi connectivity index (χ3n) is 3.28. The van der Waals surface area contributed by atoms with Crippen molar-refractivity contribution >= 4 is 11.6 Å². The normalized spacial score (nSPS) is 10.9. The summed E-state index contributed by atoms with van der Waals surface area (Å²) in [6.07, 6.45) is 7.42. The highest BCUT2D eigenvalue weighted by Gasteiger charge is 2.14. The molecule has 2 rings (SSSR count). The van der Waals surface area contributed by atoms with Crippen LogP contribution in [0.25, 0.3) is 11.3 Å². The van der Waals surface area contributed by atoms with Crippen LogP contribution in [0, 0.1) is 0 Å². The molecule has 2 nitrogen and oxygen atoms in total. The Morgan fingerprint density at radius 2 is 1.94 bits per heavy atom. The predicted octanol–water partition coefficient (Wildman–Crippen LogP) is 4.70. The summed E-state index contributed by atoms with van der Waals surface area (Å²) in [5.74, 6) is 0.541. The smallest absolute Gasteiger partial charge is 0.0888 e. The Labute approximate surface area is 113 Å². The van der Waals surface area contributed by atoms with Crippen LogP contribution in [0.3, 0.4) is 0 Å². The van der Waals surface area contributed by atoms with E-state index in [1.807, 2.05) is 12.1 Å². The molecule has 0 saturated carbocycles. The van der Waals surface area contributed by atoms with E-state index in [9.17, 15) is 0 Å². The summed E-state index contributed by atoms with van der Waals surface area (Å²) >= 11 is 6.11. The number of aromatic nitrogens is 2. The van der Waals surface area contributed by atoms with Crippen molar-refractivity contribution in [3.05, 3.63) is 47.4 Å². The molecule has 0 N–H and O–H groups in total. The second-order valence-corrected chi connectivity index (χ2v) is 4.77. The van der Waals surface area contributed by atoms with Gasteiger partial charge in [-0.25, -0.2) is 0 Å². The van der Waals surface area contributed by atoms with Crippen LogP contribution in [0.15, 0.2) is 36.8 Å². The number of nitrogens with zero attached hydrogens (tertiary/aromatic N) is 2. The van der Waals surface area contributed by atoms with Crippen LogP contribution >= 0.6 is 11.6 Å². The summed E-state index contributed by atoms with van der Waals surface area (Å²) in [6, 6.07) is 6.05. The molecule has 0 radical (unpaired) electrons. The van der Waals surface area contributed by atoms with Crippen molar-refractivity contribution in [2.75, 3.05) is 0 Å². The molecule has 0 aliphatic carbocycles.